The van der Waals surface area contributed by atoms with Crippen LogP contribution in [0.5, 0.6) is 5.75 Å². The third-order valence-electron chi connectivity index (χ3n) is 5.08. The number of ether oxygens (including phenoxy) is 1. The molecule has 1 heterocycles. The minimum absolute atomic E-state index is 0.104. The van der Waals surface area contributed by atoms with E-state index < -0.39 is 17.8 Å². The zero-order chi connectivity index (χ0) is 23.0. The fourth-order valence-corrected chi connectivity index (χ4v) is 4.15. The Bertz CT molecular complexity index is 1300. The molecule has 6 nitrogen and oxygen atoms in total. The van der Waals surface area contributed by atoms with Gasteiger partial charge in [0.05, 0.1) is 11.8 Å². The molecule has 0 atom stereocenters. The summed E-state index contributed by atoms with van der Waals surface area (Å²) in [7, 11) is 0. The van der Waals surface area contributed by atoms with Crippen molar-refractivity contribution in [3.8, 4) is 5.75 Å². The van der Waals surface area contributed by atoms with Gasteiger partial charge in [-0.25, -0.2) is 9.69 Å². The zero-order valence-corrected chi connectivity index (χ0v) is 19.4. The number of halogens is 1. The van der Waals surface area contributed by atoms with Gasteiger partial charge in [-0.1, -0.05) is 46.3 Å². The van der Waals surface area contributed by atoms with Crippen LogP contribution in [0.2, 0.25) is 0 Å². The Hall–Kier alpha value is -3.45. The van der Waals surface area contributed by atoms with Crippen molar-refractivity contribution in [2.75, 3.05) is 4.90 Å². The van der Waals surface area contributed by atoms with E-state index in [0.717, 1.165) is 20.1 Å². The molecular weight excluding hydrogens is 472 g/mol. The Morgan fingerprint density at radius 1 is 1.03 bits per heavy atom. The molecule has 1 aliphatic rings. The highest BCUT2D eigenvalue weighted by molar-refractivity contribution is 9.10. The van der Waals surface area contributed by atoms with Crippen molar-refractivity contribution in [1.82, 2.24) is 5.32 Å². The lowest BCUT2D eigenvalue weighted by Gasteiger charge is -2.28. The highest BCUT2D eigenvalue weighted by atomic mass is 79.9. The highest BCUT2D eigenvalue weighted by Gasteiger charge is 2.37. The monoisotopic (exact) mass is 492 g/mol. The molecule has 0 bridgehead atoms. The molecule has 3 aromatic rings. The smallest absolute Gasteiger partial charge is 0.335 e. The van der Waals surface area contributed by atoms with Gasteiger partial charge >= 0.3 is 6.03 Å². The number of fused-ring (bicyclic) bond motifs is 1. The van der Waals surface area contributed by atoms with Crippen LogP contribution in [0.25, 0.3) is 16.8 Å². The van der Waals surface area contributed by atoms with Gasteiger partial charge < -0.3 is 4.74 Å². The minimum Gasteiger partial charge on any atom is -0.490 e. The van der Waals surface area contributed by atoms with Crippen molar-refractivity contribution < 1.29 is 19.1 Å². The lowest BCUT2D eigenvalue weighted by Crippen LogP contribution is -2.54. The molecule has 162 valence electrons. The van der Waals surface area contributed by atoms with Gasteiger partial charge in [-0.15, -0.1) is 0 Å². The van der Waals surface area contributed by atoms with Crippen molar-refractivity contribution >= 4 is 56.3 Å². The number of nitrogens with zero attached hydrogens (tertiary/aromatic N) is 1. The van der Waals surface area contributed by atoms with Crippen LogP contribution >= 0.6 is 15.9 Å². The normalized spacial score (nSPS) is 15.6. The largest absolute Gasteiger partial charge is 0.490 e. The van der Waals surface area contributed by atoms with E-state index in [1.807, 2.05) is 50.2 Å². The molecule has 7 heteroatoms. The summed E-state index contributed by atoms with van der Waals surface area (Å²) in [6.07, 6.45) is 1.40. The molecule has 1 fully saturated rings. The molecule has 1 N–H and O–H groups in total. The molecule has 32 heavy (non-hydrogen) atoms. The lowest BCUT2D eigenvalue weighted by molar-refractivity contribution is -0.122. The molecule has 4 rings (SSSR count). The molecule has 3 aromatic carbocycles. The number of urea groups is 1. The average molecular weight is 493 g/mol. The number of nitrogens with one attached hydrogen (secondary N) is 1. The molecular formula is C25H21BrN2O4. The Kier molecular flexibility index (Phi) is 5.84. The number of imide groups is 2. The van der Waals surface area contributed by atoms with Crippen LogP contribution in [0.15, 0.2) is 64.6 Å². The minimum atomic E-state index is -0.779. The van der Waals surface area contributed by atoms with E-state index in [1.165, 1.54) is 6.08 Å². The number of hydrogen-bond acceptors (Lipinski definition) is 4. The first-order valence-electron chi connectivity index (χ1n) is 10.1. The summed E-state index contributed by atoms with van der Waals surface area (Å²) >= 11 is 3.38. The average Bonchev–Trinajstić information content (AvgIpc) is 2.73. The van der Waals surface area contributed by atoms with Gasteiger partial charge in [0.15, 0.2) is 0 Å². The first kappa shape index (κ1) is 21.8. The lowest BCUT2D eigenvalue weighted by atomic mass is 9.99. The van der Waals surface area contributed by atoms with E-state index in [4.69, 9.17) is 4.74 Å². The van der Waals surface area contributed by atoms with Gasteiger partial charge in [-0.3, -0.25) is 14.9 Å². The first-order valence-corrected chi connectivity index (χ1v) is 10.9. The quantitative estimate of drug-likeness (QED) is 0.392. The summed E-state index contributed by atoms with van der Waals surface area (Å²) in [6, 6.07) is 15.8. The fourth-order valence-electron chi connectivity index (χ4n) is 3.67. The van der Waals surface area contributed by atoms with Crippen molar-refractivity contribution in [1.29, 1.82) is 0 Å². The van der Waals surface area contributed by atoms with Crippen LogP contribution in [-0.4, -0.2) is 23.9 Å². The standard InChI is InChI=1S/C25H21BrN2O4/c1-14(2)32-22-11-8-16-6-4-5-7-18(16)19(22)13-20-23(29)27-25(31)28(24(20)30)21-10-9-17(26)12-15(21)3/h4-14H,1-3H3,(H,27,29,31)/b20-13-. The molecule has 0 saturated carbocycles. The maximum atomic E-state index is 13.4. The van der Waals surface area contributed by atoms with Gasteiger partial charge in [-0.05, 0) is 67.4 Å². The molecule has 0 unspecified atom stereocenters. The summed E-state index contributed by atoms with van der Waals surface area (Å²) in [5.41, 5.74) is 1.59. The van der Waals surface area contributed by atoms with E-state index >= 15 is 0 Å². The number of barbiturate groups is 1. The number of amides is 4. The third-order valence-corrected chi connectivity index (χ3v) is 5.58. The van der Waals surface area contributed by atoms with Crippen molar-refractivity contribution in [3.63, 3.8) is 0 Å². The van der Waals surface area contributed by atoms with E-state index in [-0.39, 0.29) is 11.7 Å². The summed E-state index contributed by atoms with van der Waals surface area (Å²) < 4.78 is 6.78. The van der Waals surface area contributed by atoms with Gasteiger partial charge in [0.25, 0.3) is 11.8 Å². The van der Waals surface area contributed by atoms with Gasteiger partial charge in [-0.2, -0.15) is 0 Å². The second-order valence-corrected chi connectivity index (χ2v) is 8.67. The number of anilines is 1. The Morgan fingerprint density at radius 3 is 2.50 bits per heavy atom. The molecule has 1 aliphatic heterocycles. The van der Waals surface area contributed by atoms with Crippen LogP contribution < -0.4 is 15.0 Å². The predicted molar refractivity (Wildman–Crippen MR) is 128 cm³/mol. The first-order chi connectivity index (χ1) is 15.3. The number of rotatable bonds is 4. The van der Waals surface area contributed by atoms with Crippen molar-refractivity contribution in [3.05, 3.63) is 75.8 Å². The molecule has 0 spiro atoms. The van der Waals surface area contributed by atoms with Gasteiger partial charge in [0, 0.05) is 10.0 Å². The molecule has 0 aliphatic carbocycles. The number of benzene rings is 3. The van der Waals surface area contributed by atoms with E-state index in [2.05, 4.69) is 21.2 Å². The van der Waals surface area contributed by atoms with Crippen LogP contribution in [-0.2, 0) is 9.59 Å². The second kappa shape index (κ2) is 8.59. The van der Waals surface area contributed by atoms with Crippen LogP contribution in [0, 0.1) is 6.92 Å². The molecule has 0 aromatic heterocycles. The van der Waals surface area contributed by atoms with Crippen molar-refractivity contribution in [2.24, 2.45) is 0 Å². The SMILES string of the molecule is Cc1cc(Br)ccc1N1C(=O)NC(=O)/C(=C/c2c(OC(C)C)ccc3ccccc23)C1=O. The number of carbonyl (C=O) groups is 3. The molecule has 1 saturated heterocycles. The topological polar surface area (TPSA) is 75.7 Å². The van der Waals surface area contributed by atoms with E-state index in [1.54, 1.807) is 25.1 Å². The zero-order valence-electron chi connectivity index (χ0n) is 17.8. The number of aryl methyl sites for hydroxylation is 1. The van der Waals surface area contributed by atoms with E-state index in [9.17, 15) is 14.4 Å². The predicted octanol–water partition coefficient (Wildman–Crippen LogP) is 5.36. The summed E-state index contributed by atoms with van der Waals surface area (Å²) in [5.74, 6) is -0.878. The van der Waals surface area contributed by atoms with Crippen LogP contribution in [0.4, 0.5) is 10.5 Å². The van der Waals surface area contributed by atoms with Crippen LogP contribution in [0.1, 0.15) is 25.0 Å². The fraction of sp³-hybridized carbons (Fsp3) is 0.160. The summed E-state index contributed by atoms with van der Waals surface area (Å²) in [6.45, 7) is 5.60. The summed E-state index contributed by atoms with van der Waals surface area (Å²) in [5, 5.41) is 4.06. The van der Waals surface area contributed by atoms with Gasteiger partial charge in [0.2, 0.25) is 0 Å². The van der Waals surface area contributed by atoms with Gasteiger partial charge in [0.1, 0.15) is 11.3 Å². The Labute approximate surface area is 194 Å². The molecule has 4 amide bonds. The molecule has 0 radical (unpaired) electrons. The summed E-state index contributed by atoms with van der Waals surface area (Å²) in [4.78, 5) is 39.7. The third kappa shape index (κ3) is 4.03. The highest BCUT2D eigenvalue weighted by Crippen LogP contribution is 2.33. The Morgan fingerprint density at radius 2 is 1.78 bits per heavy atom. The Balaban J connectivity index is 1.88. The number of carbonyl (C=O) groups excluding carboxylic acids is 3. The number of hydrogen-bond donors (Lipinski definition) is 1. The van der Waals surface area contributed by atoms with Crippen molar-refractivity contribution in [2.45, 2.75) is 26.9 Å². The maximum absolute atomic E-state index is 13.4. The van der Waals surface area contributed by atoms with Crippen LogP contribution in [0.3, 0.4) is 0 Å². The van der Waals surface area contributed by atoms with E-state index in [0.29, 0.717) is 22.6 Å². The maximum Gasteiger partial charge on any atom is 0.335 e. The second-order valence-electron chi connectivity index (χ2n) is 7.75.